The smallest absolute Gasteiger partial charge is 0.416 e. The predicted octanol–water partition coefficient (Wildman–Crippen LogP) is 4.42. The number of carbonyl (C=O) groups is 1. The van der Waals surface area contributed by atoms with Crippen LogP contribution in [0.2, 0.25) is 0 Å². The lowest BCUT2D eigenvalue weighted by Gasteiger charge is -2.25. The Hall–Kier alpha value is -4.52. The third-order valence-corrected chi connectivity index (χ3v) is 7.69. The first-order valence-electron chi connectivity index (χ1n) is 11.8. The van der Waals surface area contributed by atoms with Crippen molar-refractivity contribution in [1.29, 1.82) is 0 Å². The van der Waals surface area contributed by atoms with Crippen LogP contribution in [0.4, 0.5) is 18.9 Å². The van der Waals surface area contributed by atoms with Gasteiger partial charge in [0.25, 0.3) is 10.0 Å². The number of halogens is 3. The quantitative estimate of drug-likeness (QED) is 0.301. The van der Waals surface area contributed by atoms with E-state index in [4.69, 9.17) is 9.47 Å². The summed E-state index contributed by atoms with van der Waals surface area (Å²) in [6.45, 7) is -0.707. The highest BCUT2D eigenvalue weighted by atomic mass is 32.2. The van der Waals surface area contributed by atoms with Crippen LogP contribution < -0.4 is 19.1 Å². The number of hydrogen-bond acceptors (Lipinski definition) is 6. The molecule has 0 saturated heterocycles. The highest BCUT2D eigenvalue weighted by Crippen LogP contribution is 2.35. The van der Waals surface area contributed by atoms with Crippen LogP contribution in [0.3, 0.4) is 0 Å². The molecule has 0 radical (unpaired) electrons. The van der Waals surface area contributed by atoms with E-state index in [2.05, 4.69) is 10.3 Å². The largest absolute Gasteiger partial charge is 0.493 e. The average molecular weight is 575 g/mol. The van der Waals surface area contributed by atoms with Crippen molar-refractivity contribution in [2.24, 2.45) is 0 Å². The maximum Gasteiger partial charge on any atom is 0.416 e. The minimum atomic E-state index is -4.72. The molecule has 0 saturated carbocycles. The van der Waals surface area contributed by atoms with Crippen molar-refractivity contribution in [2.45, 2.75) is 17.6 Å². The van der Waals surface area contributed by atoms with Crippen molar-refractivity contribution >= 4 is 21.6 Å². The van der Waals surface area contributed by atoms with E-state index >= 15 is 0 Å². The number of anilines is 1. The van der Waals surface area contributed by atoms with Crippen LogP contribution in [0.25, 0.3) is 5.69 Å². The molecule has 0 fully saturated rings. The lowest BCUT2D eigenvalue weighted by molar-refractivity contribution is -0.137. The molecule has 0 atom stereocenters. The molecule has 13 heteroatoms. The molecular weight excluding hydrogens is 549 g/mol. The number of benzene rings is 3. The molecule has 1 aromatic heterocycles. The van der Waals surface area contributed by atoms with Crippen molar-refractivity contribution in [3.05, 3.63) is 96.6 Å². The Balaban J connectivity index is 1.61. The SMILES string of the molecule is COc1ccc(S(=O)(=O)N(CC(=O)NCc2ccc(-n3ccnc3)cc2)c2cccc(C(F)(F)F)c2)cc1OC. The first kappa shape index (κ1) is 28.5. The van der Waals surface area contributed by atoms with Crippen molar-refractivity contribution in [3.63, 3.8) is 0 Å². The normalized spacial score (nSPS) is 11.6. The molecular formula is C27H25F3N4O5S. The van der Waals surface area contributed by atoms with E-state index in [0.717, 1.165) is 23.4 Å². The van der Waals surface area contributed by atoms with Crippen LogP contribution in [0.15, 0.2) is 90.3 Å². The number of alkyl halides is 3. The van der Waals surface area contributed by atoms with Crippen LogP contribution in [-0.2, 0) is 27.5 Å². The van der Waals surface area contributed by atoms with Gasteiger partial charge in [-0.3, -0.25) is 9.10 Å². The van der Waals surface area contributed by atoms with Gasteiger partial charge in [0.05, 0.1) is 36.7 Å². The van der Waals surface area contributed by atoms with Gasteiger partial charge in [-0.05, 0) is 48.0 Å². The summed E-state index contributed by atoms with van der Waals surface area (Å²) in [4.78, 5) is 16.6. The molecule has 210 valence electrons. The number of amides is 1. The predicted molar refractivity (Wildman–Crippen MR) is 141 cm³/mol. The topological polar surface area (TPSA) is 103 Å². The van der Waals surface area contributed by atoms with Crippen molar-refractivity contribution in [2.75, 3.05) is 25.1 Å². The maximum absolute atomic E-state index is 13.7. The molecule has 9 nitrogen and oxygen atoms in total. The van der Waals surface area contributed by atoms with Gasteiger partial charge >= 0.3 is 6.18 Å². The minimum Gasteiger partial charge on any atom is -0.493 e. The van der Waals surface area contributed by atoms with Gasteiger partial charge in [0.1, 0.15) is 6.54 Å². The Kier molecular flexibility index (Phi) is 8.33. The molecule has 1 N–H and O–H groups in total. The number of nitrogens with zero attached hydrogens (tertiary/aromatic N) is 3. The lowest BCUT2D eigenvalue weighted by Crippen LogP contribution is -2.40. The Labute approximate surface area is 228 Å². The fourth-order valence-corrected chi connectivity index (χ4v) is 5.27. The number of carbonyl (C=O) groups excluding carboxylic acids is 1. The van der Waals surface area contributed by atoms with E-state index < -0.39 is 34.2 Å². The van der Waals surface area contributed by atoms with Gasteiger partial charge in [-0.1, -0.05) is 18.2 Å². The maximum atomic E-state index is 13.7. The van der Waals surface area contributed by atoms with Gasteiger partial charge in [0.2, 0.25) is 5.91 Å². The highest BCUT2D eigenvalue weighted by Gasteiger charge is 2.33. The molecule has 4 rings (SSSR count). The summed E-state index contributed by atoms with van der Waals surface area (Å²) in [6.07, 6.45) is 0.330. The van der Waals surface area contributed by atoms with E-state index in [-0.39, 0.29) is 28.6 Å². The van der Waals surface area contributed by atoms with Gasteiger partial charge in [0.15, 0.2) is 11.5 Å². The number of methoxy groups -OCH3 is 2. The molecule has 3 aromatic carbocycles. The molecule has 4 aromatic rings. The Morgan fingerprint density at radius 2 is 1.73 bits per heavy atom. The van der Waals surface area contributed by atoms with E-state index in [9.17, 15) is 26.4 Å². The van der Waals surface area contributed by atoms with Crippen LogP contribution >= 0.6 is 0 Å². The van der Waals surface area contributed by atoms with E-state index in [0.29, 0.717) is 10.4 Å². The second-order valence-corrected chi connectivity index (χ2v) is 10.4. The second-order valence-electron chi connectivity index (χ2n) is 8.49. The van der Waals surface area contributed by atoms with Gasteiger partial charge in [-0.2, -0.15) is 13.2 Å². The number of rotatable bonds is 10. The highest BCUT2D eigenvalue weighted by molar-refractivity contribution is 7.92. The number of aromatic nitrogens is 2. The third-order valence-electron chi connectivity index (χ3n) is 5.92. The monoisotopic (exact) mass is 574 g/mol. The van der Waals surface area contributed by atoms with Gasteiger partial charge in [-0.15, -0.1) is 0 Å². The second kappa shape index (κ2) is 11.7. The zero-order valence-electron chi connectivity index (χ0n) is 21.4. The van der Waals surface area contributed by atoms with E-state index in [1.54, 1.807) is 35.4 Å². The Bertz CT molecular complexity index is 1570. The molecule has 1 amide bonds. The van der Waals surface area contributed by atoms with Crippen LogP contribution in [0.1, 0.15) is 11.1 Å². The van der Waals surface area contributed by atoms with Gasteiger partial charge < -0.3 is 19.4 Å². The van der Waals surface area contributed by atoms with Crippen LogP contribution in [-0.4, -0.2) is 44.6 Å². The summed E-state index contributed by atoms with van der Waals surface area (Å²) >= 11 is 0. The standard InChI is InChI=1S/C27H25F3N4O5S/c1-38-24-11-10-23(15-25(24)39-2)40(36,37)34(22-5-3-4-20(14-22)27(28,29)30)17-26(35)32-16-19-6-8-21(9-7-19)33-13-12-31-18-33/h3-15,18H,16-17H2,1-2H3,(H,32,35). The van der Waals surface area contributed by atoms with Crippen molar-refractivity contribution in [3.8, 4) is 17.2 Å². The summed E-state index contributed by atoms with van der Waals surface area (Å²) in [6, 6.07) is 14.7. The summed E-state index contributed by atoms with van der Waals surface area (Å²) in [5, 5.41) is 2.63. The fourth-order valence-electron chi connectivity index (χ4n) is 3.84. The van der Waals surface area contributed by atoms with Crippen LogP contribution in [0.5, 0.6) is 11.5 Å². The summed E-state index contributed by atoms with van der Waals surface area (Å²) in [5.74, 6) is -0.375. The number of hydrogen-bond donors (Lipinski definition) is 1. The van der Waals surface area contributed by atoms with E-state index in [1.807, 2.05) is 12.1 Å². The van der Waals surface area contributed by atoms with E-state index in [1.165, 1.54) is 38.5 Å². The molecule has 0 unspecified atom stereocenters. The molecule has 0 aliphatic carbocycles. The number of imidazole rings is 1. The third kappa shape index (κ3) is 6.37. The first-order valence-corrected chi connectivity index (χ1v) is 13.2. The van der Waals surface area contributed by atoms with Crippen LogP contribution in [0, 0.1) is 0 Å². The number of ether oxygens (including phenoxy) is 2. The van der Waals surface area contributed by atoms with Crippen molar-refractivity contribution < 1.29 is 35.9 Å². The zero-order valence-corrected chi connectivity index (χ0v) is 22.2. The molecule has 0 bridgehead atoms. The van der Waals surface area contributed by atoms with Crippen molar-refractivity contribution in [1.82, 2.24) is 14.9 Å². The summed E-state index contributed by atoms with van der Waals surface area (Å²) < 4.78 is 80.4. The summed E-state index contributed by atoms with van der Waals surface area (Å²) in [7, 11) is -1.84. The molecule has 0 aliphatic heterocycles. The van der Waals surface area contributed by atoms with Gasteiger partial charge in [0, 0.05) is 30.7 Å². The average Bonchev–Trinajstić information content (AvgIpc) is 3.49. The Morgan fingerprint density at radius 3 is 2.35 bits per heavy atom. The van der Waals surface area contributed by atoms with Gasteiger partial charge in [-0.25, -0.2) is 13.4 Å². The zero-order chi connectivity index (χ0) is 28.9. The lowest BCUT2D eigenvalue weighted by atomic mass is 10.2. The fraction of sp³-hybridized carbons (Fsp3) is 0.185. The Morgan fingerprint density at radius 1 is 1.00 bits per heavy atom. The molecule has 0 spiro atoms. The summed E-state index contributed by atoms with van der Waals surface area (Å²) in [5.41, 5.74) is 0.190. The first-order chi connectivity index (χ1) is 19.0. The number of nitrogens with one attached hydrogen (secondary N) is 1. The number of sulfonamides is 1. The molecule has 1 heterocycles. The molecule has 0 aliphatic rings. The minimum absolute atomic E-state index is 0.0654. The molecule has 40 heavy (non-hydrogen) atoms.